The van der Waals surface area contributed by atoms with E-state index < -0.39 is 6.61 Å². The van der Waals surface area contributed by atoms with Crippen molar-refractivity contribution in [3.05, 3.63) is 34.5 Å². The zero-order valence-electron chi connectivity index (χ0n) is 13.8. The number of carbonyl (C=O) groups excluding carboxylic acids is 1. The van der Waals surface area contributed by atoms with Crippen LogP contribution < -0.4 is 10.1 Å². The summed E-state index contributed by atoms with van der Waals surface area (Å²) in [6.45, 7) is -1.34. The molecule has 0 aliphatic heterocycles. The predicted octanol–water partition coefficient (Wildman–Crippen LogP) is 4.86. The topological polar surface area (TPSA) is 51.2 Å². The zero-order valence-corrected chi connectivity index (χ0v) is 14.6. The second-order valence-electron chi connectivity index (χ2n) is 6.32. The summed E-state index contributed by atoms with van der Waals surface area (Å²) in [7, 11) is 0. The number of fused-ring (bicyclic) bond motifs is 1. The molecule has 0 bridgehead atoms. The van der Waals surface area contributed by atoms with Crippen LogP contribution >= 0.6 is 11.6 Å². The first-order valence-electron chi connectivity index (χ1n) is 8.30. The van der Waals surface area contributed by atoms with Gasteiger partial charge in [-0.15, -0.1) is 0 Å². The smallest absolute Gasteiger partial charge is 0.387 e. The lowest BCUT2D eigenvalue weighted by Gasteiger charge is -2.22. The first-order chi connectivity index (χ1) is 12.0. The molecule has 1 aromatic carbocycles. The van der Waals surface area contributed by atoms with Crippen molar-refractivity contribution in [3.8, 4) is 5.75 Å². The van der Waals surface area contributed by atoms with E-state index in [-0.39, 0.29) is 22.7 Å². The number of halogens is 3. The van der Waals surface area contributed by atoms with Gasteiger partial charge in [0.05, 0.1) is 11.1 Å². The van der Waals surface area contributed by atoms with Gasteiger partial charge in [0.25, 0.3) is 5.91 Å². The van der Waals surface area contributed by atoms with Gasteiger partial charge in [-0.3, -0.25) is 9.78 Å². The van der Waals surface area contributed by atoms with Gasteiger partial charge in [-0.05, 0) is 37.5 Å². The van der Waals surface area contributed by atoms with Crippen LogP contribution in [0, 0.1) is 6.92 Å². The second-order valence-corrected chi connectivity index (χ2v) is 6.70. The highest BCUT2D eigenvalue weighted by Crippen LogP contribution is 2.36. The average molecular weight is 369 g/mol. The highest BCUT2D eigenvalue weighted by atomic mass is 35.5. The van der Waals surface area contributed by atoms with Crippen molar-refractivity contribution in [3.63, 3.8) is 0 Å². The molecule has 0 unspecified atom stereocenters. The SMILES string of the molecule is Cc1cc2cc(C(=O)NC3CCCCC3)cnc2c(Cl)c1OC(F)F. The van der Waals surface area contributed by atoms with E-state index in [0.29, 0.717) is 22.0 Å². The van der Waals surface area contributed by atoms with Gasteiger partial charge in [0.2, 0.25) is 0 Å². The molecule has 0 spiro atoms. The number of carbonyl (C=O) groups is 1. The van der Waals surface area contributed by atoms with Gasteiger partial charge in [0.1, 0.15) is 10.8 Å². The number of rotatable bonds is 4. The maximum atomic E-state index is 12.5. The Balaban J connectivity index is 1.88. The molecule has 3 rings (SSSR count). The van der Waals surface area contributed by atoms with Crippen LogP contribution in [-0.2, 0) is 0 Å². The van der Waals surface area contributed by atoms with Crippen molar-refractivity contribution in [1.82, 2.24) is 10.3 Å². The number of amides is 1. The van der Waals surface area contributed by atoms with Crippen LogP contribution in [0.2, 0.25) is 5.02 Å². The molecule has 1 aliphatic carbocycles. The Kier molecular flexibility index (Phi) is 5.37. The van der Waals surface area contributed by atoms with Gasteiger partial charge in [0, 0.05) is 17.6 Å². The summed E-state index contributed by atoms with van der Waals surface area (Å²) in [6, 6.07) is 3.51. The normalized spacial score (nSPS) is 15.6. The Morgan fingerprint density at radius 1 is 1.32 bits per heavy atom. The van der Waals surface area contributed by atoms with E-state index in [1.165, 1.54) is 12.6 Å². The third kappa shape index (κ3) is 4.00. The van der Waals surface area contributed by atoms with Crippen molar-refractivity contribution in [2.24, 2.45) is 0 Å². The Morgan fingerprint density at radius 3 is 2.72 bits per heavy atom. The summed E-state index contributed by atoms with van der Waals surface area (Å²) in [6.07, 6.45) is 6.86. The largest absolute Gasteiger partial charge is 0.433 e. The molecule has 1 amide bonds. The standard InChI is InChI=1S/C18H19ClF2N2O2/c1-10-7-11-8-12(17(24)23-13-5-3-2-4-6-13)9-22-15(11)14(19)16(10)25-18(20)21/h7-9,13,18H,2-6H2,1H3,(H,23,24). The van der Waals surface area contributed by atoms with Gasteiger partial charge < -0.3 is 10.1 Å². The Bertz CT molecular complexity index is 792. The molecular formula is C18H19ClF2N2O2. The molecule has 25 heavy (non-hydrogen) atoms. The minimum atomic E-state index is -2.96. The van der Waals surface area contributed by atoms with Gasteiger partial charge in [-0.25, -0.2) is 0 Å². The summed E-state index contributed by atoms with van der Waals surface area (Å²) in [5.41, 5.74) is 1.22. The molecule has 0 atom stereocenters. The summed E-state index contributed by atoms with van der Waals surface area (Å²) < 4.78 is 29.5. The van der Waals surface area contributed by atoms with E-state index in [4.69, 9.17) is 11.6 Å². The van der Waals surface area contributed by atoms with Crippen LogP contribution in [0.5, 0.6) is 5.75 Å². The van der Waals surface area contributed by atoms with Crippen LogP contribution in [0.4, 0.5) is 8.78 Å². The quantitative estimate of drug-likeness (QED) is 0.838. The molecule has 4 nitrogen and oxygen atoms in total. The number of alkyl halides is 2. The summed E-state index contributed by atoms with van der Waals surface area (Å²) in [4.78, 5) is 16.6. The van der Waals surface area contributed by atoms with E-state index in [9.17, 15) is 13.6 Å². The molecule has 1 aliphatic rings. The molecule has 1 fully saturated rings. The number of aryl methyl sites for hydroxylation is 1. The molecule has 1 heterocycles. The molecular weight excluding hydrogens is 350 g/mol. The third-order valence-electron chi connectivity index (χ3n) is 4.46. The fraction of sp³-hybridized carbons (Fsp3) is 0.444. The molecule has 134 valence electrons. The van der Waals surface area contributed by atoms with Crippen LogP contribution in [0.1, 0.15) is 48.0 Å². The number of aromatic nitrogens is 1. The number of pyridine rings is 1. The molecule has 7 heteroatoms. The maximum absolute atomic E-state index is 12.5. The first-order valence-corrected chi connectivity index (χ1v) is 8.68. The van der Waals surface area contributed by atoms with E-state index in [1.54, 1.807) is 19.1 Å². The van der Waals surface area contributed by atoms with Crippen LogP contribution in [0.3, 0.4) is 0 Å². The molecule has 2 aromatic rings. The number of nitrogens with zero attached hydrogens (tertiary/aromatic N) is 1. The van der Waals surface area contributed by atoms with E-state index in [0.717, 1.165) is 25.7 Å². The maximum Gasteiger partial charge on any atom is 0.387 e. The molecule has 0 saturated heterocycles. The monoisotopic (exact) mass is 368 g/mol. The lowest BCUT2D eigenvalue weighted by molar-refractivity contribution is -0.0501. The minimum absolute atomic E-state index is 0.0227. The molecule has 1 N–H and O–H groups in total. The fourth-order valence-electron chi connectivity index (χ4n) is 3.23. The van der Waals surface area contributed by atoms with Gasteiger partial charge in [-0.2, -0.15) is 8.78 Å². The van der Waals surface area contributed by atoms with Crippen LogP contribution in [-0.4, -0.2) is 23.5 Å². The van der Waals surface area contributed by atoms with E-state index >= 15 is 0 Å². The number of hydrogen-bond donors (Lipinski definition) is 1. The number of hydrogen-bond acceptors (Lipinski definition) is 3. The van der Waals surface area contributed by atoms with Crippen molar-refractivity contribution in [2.45, 2.75) is 51.7 Å². The minimum Gasteiger partial charge on any atom is -0.433 e. The van der Waals surface area contributed by atoms with Gasteiger partial charge >= 0.3 is 6.61 Å². The highest BCUT2D eigenvalue weighted by Gasteiger charge is 2.19. The Hall–Kier alpha value is -1.95. The number of nitrogens with one attached hydrogen (secondary N) is 1. The van der Waals surface area contributed by atoms with Gasteiger partial charge in [-0.1, -0.05) is 30.9 Å². The Labute approximate surface area is 149 Å². The summed E-state index contributed by atoms with van der Waals surface area (Å²) in [5, 5.41) is 3.66. The number of ether oxygens (including phenoxy) is 1. The molecule has 0 radical (unpaired) electrons. The summed E-state index contributed by atoms with van der Waals surface area (Å²) in [5.74, 6) is -0.265. The van der Waals surface area contributed by atoms with E-state index in [1.807, 2.05) is 0 Å². The van der Waals surface area contributed by atoms with Crippen LogP contribution in [0.15, 0.2) is 18.3 Å². The lowest BCUT2D eigenvalue weighted by Crippen LogP contribution is -2.36. The number of benzene rings is 1. The Morgan fingerprint density at radius 2 is 2.04 bits per heavy atom. The van der Waals surface area contributed by atoms with Crippen LogP contribution in [0.25, 0.3) is 10.9 Å². The average Bonchev–Trinajstić information content (AvgIpc) is 2.58. The van der Waals surface area contributed by atoms with Crippen molar-refractivity contribution in [2.75, 3.05) is 0 Å². The fourth-order valence-corrected chi connectivity index (χ4v) is 3.58. The van der Waals surface area contributed by atoms with Crippen molar-refractivity contribution >= 4 is 28.4 Å². The van der Waals surface area contributed by atoms with Crippen molar-refractivity contribution in [1.29, 1.82) is 0 Å². The summed E-state index contributed by atoms with van der Waals surface area (Å²) >= 11 is 6.16. The predicted molar refractivity (Wildman–Crippen MR) is 92.5 cm³/mol. The zero-order chi connectivity index (χ0) is 18.0. The molecule has 1 saturated carbocycles. The lowest BCUT2D eigenvalue weighted by atomic mass is 9.95. The van der Waals surface area contributed by atoms with Gasteiger partial charge in [0.15, 0.2) is 0 Å². The highest BCUT2D eigenvalue weighted by molar-refractivity contribution is 6.36. The van der Waals surface area contributed by atoms with E-state index in [2.05, 4.69) is 15.0 Å². The second kappa shape index (κ2) is 7.52. The molecule has 1 aromatic heterocycles. The first kappa shape index (κ1) is 17.9. The van der Waals surface area contributed by atoms with Crippen molar-refractivity contribution < 1.29 is 18.3 Å². The third-order valence-corrected chi connectivity index (χ3v) is 4.81.